The highest BCUT2D eigenvalue weighted by molar-refractivity contribution is 5.80. The second kappa shape index (κ2) is 11.1. The van der Waals surface area contributed by atoms with Gasteiger partial charge >= 0.3 is 6.18 Å². The zero-order valence-electron chi connectivity index (χ0n) is 16.7. The van der Waals surface area contributed by atoms with Crippen molar-refractivity contribution in [3.05, 3.63) is 29.8 Å². The van der Waals surface area contributed by atoms with Gasteiger partial charge in [0.25, 0.3) is 0 Å². The first kappa shape index (κ1) is 22.3. The van der Waals surface area contributed by atoms with Gasteiger partial charge in [-0.15, -0.1) is 0 Å². The van der Waals surface area contributed by atoms with Crippen molar-refractivity contribution < 1.29 is 17.9 Å². The summed E-state index contributed by atoms with van der Waals surface area (Å²) in [6, 6.07) is 6.97. The highest BCUT2D eigenvalue weighted by Crippen LogP contribution is 2.19. The highest BCUT2D eigenvalue weighted by Gasteiger charge is 2.28. The number of likely N-dealkylation sites (tertiary alicyclic amines) is 1. The van der Waals surface area contributed by atoms with Crippen molar-refractivity contribution in [3.8, 4) is 5.75 Å². The largest absolute Gasteiger partial charge is 0.484 e. The molecule has 5 nitrogen and oxygen atoms in total. The molecule has 2 N–H and O–H groups in total. The monoisotopic (exact) mass is 400 g/mol. The topological polar surface area (TPSA) is 48.9 Å². The quantitative estimate of drug-likeness (QED) is 0.518. The summed E-state index contributed by atoms with van der Waals surface area (Å²) in [5.41, 5.74) is 0.911. The van der Waals surface area contributed by atoms with Gasteiger partial charge < -0.3 is 20.3 Å². The van der Waals surface area contributed by atoms with E-state index in [2.05, 4.69) is 27.4 Å². The molecular formula is C20H31F3N4O. The molecule has 0 atom stereocenters. The number of ether oxygens (including phenoxy) is 1. The van der Waals surface area contributed by atoms with E-state index in [1.54, 1.807) is 24.3 Å². The molecule has 0 unspecified atom stereocenters. The zero-order chi connectivity index (χ0) is 20.4. The van der Waals surface area contributed by atoms with Gasteiger partial charge in [0.05, 0.1) is 6.54 Å². The van der Waals surface area contributed by atoms with Crippen molar-refractivity contribution in [1.29, 1.82) is 0 Å². The highest BCUT2D eigenvalue weighted by atomic mass is 19.4. The number of guanidine groups is 1. The van der Waals surface area contributed by atoms with E-state index in [4.69, 9.17) is 4.74 Å². The van der Waals surface area contributed by atoms with Gasteiger partial charge in [-0.05, 0) is 50.4 Å². The van der Waals surface area contributed by atoms with Crippen molar-refractivity contribution >= 4 is 5.96 Å². The zero-order valence-corrected chi connectivity index (χ0v) is 16.7. The smallest absolute Gasteiger partial charge is 0.422 e. The van der Waals surface area contributed by atoms with Crippen molar-refractivity contribution in [3.63, 3.8) is 0 Å². The molecule has 2 rings (SSSR count). The van der Waals surface area contributed by atoms with Crippen LogP contribution in [0.4, 0.5) is 13.2 Å². The Morgan fingerprint density at radius 1 is 1.18 bits per heavy atom. The van der Waals surface area contributed by atoms with Crippen LogP contribution in [-0.2, 0) is 6.54 Å². The van der Waals surface area contributed by atoms with Gasteiger partial charge in [0.1, 0.15) is 5.75 Å². The normalized spacial score (nSPS) is 16.8. The Hall–Kier alpha value is -1.96. The van der Waals surface area contributed by atoms with Crippen LogP contribution in [0.2, 0.25) is 0 Å². The Bertz CT molecular complexity index is 596. The molecule has 28 heavy (non-hydrogen) atoms. The molecule has 1 aliphatic rings. The first-order valence-corrected chi connectivity index (χ1v) is 9.95. The Labute approximate surface area is 165 Å². The third kappa shape index (κ3) is 8.37. The maximum Gasteiger partial charge on any atom is 0.422 e. The van der Waals surface area contributed by atoms with Crippen LogP contribution in [0.1, 0.15) is 38.7 Å². The maximum atomic E-state index is 12.2. The second-order valence-corrected chi connectivity index (χ2v) is 7.00. The molecule has 0 aliphatic carbocycles. The molecule has 0 bridgehead atoms. The van der Waals surface area contributed by atoms with Gasteiger partial charge in [-0.2, -0.15) is 13.2 Å². The molecule has 0 saturated carbocycles. The molecule has 158 valence electrons. The summed E-state index contributed by atoms with van der Waals surface area (Å²) in [5.74, 6) is 0.975. The number of hydrogen-bond acceptors (Lipinski definition) is 3. The van der Waals surface area contributed by atoms with E-state index in [0.29, 0.717) is 12.6 Å². The van der Waals surface area contributed by atoms with E-state index in [1.807, 2.05) is 6.92 Å². The van der Waals surface area contributed by atoms with Gasteiger partial charge in [0.15, 0.2) is 12.6 Å². The molecule has 1 aromatic carbocycles. The van der Waals surface area contributed by atoms with E-state index in [9.17, 15) is 13.2 Å². The number of halogens is 3. The average molecular weight is 400 g/mol. The molecule has 0 radical (unpaired) electrons. The number of piperidine rings is 1. The lowest BCUT2D eigenvalue weighted by atomic mass is 10.1. The molecule has 0 amide bonds. The van der Waals surface area contributed by atoms with E-state index < -0.39 is 12.8 Å². The first-order valence-electron chi connectivity index (χ1n) is 9.95. The van der Waals surface area contributed by atoms with Crippen molar-refractivity contribution in [2.45, 2.75) is 51.9 Å². The predicted octanol–water partition coefficient (Wildman–Crippen LogP) is 3.56. The van der Waals surface area contributed by atoms with Crippen LogP contribution in [0.25, 0.3) is 0 Å². The minimum atomic E-state index is -4.33. The number of aliphatic imine (C=N–C) groups is 1. The van der Waals surface area contributed by atoms with Crippen LogP contribution < -0.4 is 15.4 Å². The summed E-state index contributed by atoms with van der Waals surface area (Å²) < 4.78 is 41.3. The molecule has 1 aliphatic heterocycles. The number of hydrogen-bond donors (Lipinski definition) is 2. The number of rotatable bonds is 8. The summed E-state index contributed by atoms with van der Waals surface area (Å²) in [4.78, 5) is 7.10. The molecule has 1 heterocycles. The summed E-state index contributed by atoms with van der Waals surface area (Å²) in [7, 11) is 0. The number of alkyl halides is 3. The molecular weight excluding hydrogens is 369 g/mol. The molecule has 0 aromatic heterocycles. The molecule has 0 spiro atoms. The van der Waals surface area contributed by atoms with Crippen molar-refractivity contribution in [1.82, 2.24) is 15.5 Å². The van der Waals surface area contributed by atoms with Crippen LogP contribution in [-0.4, -0.2) is 55.9 Å². The fraction of sp³-hybridized carbons (Fsp3) is 0.650. The SMILES string of the molecule is CCCN1CCC(NC(=NCc2ccc(OCC(F)(F)F)cc2)NCC)CC1. The number of nitrogens with one attached hydrogen (secondary N) is 2. The Morgan fingerprint density at radius 3 is 2.43 bits per heavy atom. The van der Waals surface area contributed by atoms with Crippen LogP contribution in [0.5, 0.6) is 5.75 Å². The third-order valence-electron chi connectivity index (χ3n) is 4.56. The maximum absolute atomic E-state index is 12.2. The molecule has 1 aromatic rings. The number of nitrogens with zero attached hydrogens (tertiary/aromatic N) is 2. The van der Waals surface area contributed by atoms with Gasteiger partial charge in [0, 0.05) is 25.7 Å². The fourth-order valence-electron chi connectivity index (χ4n) is 3.16. The van der Waals surface area contributed by atoms with Gasteiger partial charge in [-0.1, -0.05) is 19.1 Å². The molecule has 8 heteroatoms. The van der Waals surface area contributed by atoms with Gasteiger partial charge in [-0.25, -0.2) is 4.99 Å². The summed E-state index contributed by atoms with van der Waals surface area (Å²) in [5, 5.41) is 6.76. The average Bonchev–Trinajstić information content (AvgIpc) is 2.66. The fourth-order valence-corrected chi connectivity index (χ4v) is 3.16. The van der Waals surface area contributed by atoms with Crippen molar-refractivity contribution in [2.75, 3.05) is 32.8 Å². The standard InChI is InChI=1S/C20H31F3N4O/c1-3-11-27-12-9-17(10-13-27)26-19(24-4-2)25-14-16-5-7-18(8-6-16)28-15-20(21,22)23/h5-8,17H,3-4,9-15H2,1-2H3,(H2,24,25,26). The summed E-state index contributed by atoms with van der Waals surface area (Å²) >= 11 is 0. The van der Waals surface area contributed by atoms with Crippen LogP contribution in [0, 0.1) is 0 Å². The van der Waals surface area contributed by atoms with E-state index in [1.165, 1.54) is 6.42 Å². The van der Waals surface area contributed by atoms with Gasteiger partial charge in [0.2, 0.25) is 0 Å². The van der Waals surface area contributed by atoms with Crippen molar-refractivity contribution in [2.24, 2.45) is 4.99 Å². The van der Waals surface area contributed by atoms with Gasteiger partial charge in [-0.3, -0.25) is 0 Å². The minimum Gasteiger partial charge on any atom is -0.484 e. The third-order valence-corrected chi connectivity index (χ3v) is 4.56. The minimum absolute atomic E-state index is 0.203. The Kier molecular flexibility index (Phi) is 8.89. The van der Waals surface area contributed by atoms with Crippen LogP contribution in [0.3, 0.4) is 0 Å². The lowest BCUT2D eigenvalue weighted by Gasteiger charge is -2.32. The van der Waals surface area contributed by atoms with Crippen LogP contribution in [0.15, 0.2) is 29.3 Å². The summed E-state index contributed by atoms with van der Waals surface area (Å²) in [6.45, 7) is 7.52. The molecule has 1 fully saturated rings. The Morgan fingerprint density at radius 2 is 1.86 bits per heavy atom. The van der Waals surface area contributed by atoms with E-state index in [0.717, 1.165) is 50.5 Å². The second-order valence-electron chi connectivity index (χ2n) is 7.00. The molecule has 1 saturated heterocycles. The predicted molar refractivity (Wildman–Crippen MR) is 106 cm³/mol. The Balaban J connectivity index is 1.84. The first-order chi connectivity index (χ1) is 13.4. The lowest BCUT2D eigenvalue weighted by molar-refractivity contribution is -0.153. The van der Waals surface area contributed by atoms with E-state index in [-0.39, 0.29) is 5.75 Å². The summed E-state index contributed by atoms with van der Waals surface area (Å²) in [6.07, 6.45) is -0.963. The lowest BCUT2D eigenvalue weighted by Crippen LogP contribution is -2.48. The van der Waals surface area contributed by atoms with Crippen LogP contribution >= 0.6 is 0 Å². The number of benzene rings is 1. The van der Waals surface area contributed by atoms with E-state index >= 15 is 0 Å².